The third-order valence-corrected chi connectivity index (χ3v) is 6.49. The molecule has 0 aromatic heterocycles. The molecule has 3 aromatic rings. The zero-order chi connectivity index (χ0) is 23.0. The van der Waals surface area contributed by atoms with Crippen LogP contribution in [0.5, 0.6) is 0 Å². The van der Waals surface area contributed by atoms with Crippen LogP contribution in [0.3, 0.4) is 0 Å². The van der Waals surface area contributed by atoms with E-state index in [1.807, 2.05) is 91.0 Å². The Morgan fingerprint density at radius 2 is 0.618 bits per heavy atom. The zero-order valence-electron chi connectivity index (χ0n) is 17.3. The van der Waals surface area contributed by atoms with Crippen LogP contribution in [-0.4, -0.2) is 0 Å². The molecule has 34 heavy (non-hydrogen) atoms. The summed E-state index contributed by atoms with van der Waals surface area (Å²) < 4.78 is 28.9. The van der Waals surface area contributed by atoms with Crippen molar-refractivity contribution in [1.29, 1.82) is 0 Å². The van der Waals surface area contributed by atoms with Crippen molar-refractivity contribution in [2.75, 3.05) is 0 Å². The van der Waals surface area contributed by atoms with Crippen LogP contribution in [0.1, 0.15) is 35.6 Å². The molecule has 0 bridgehead atoms. The number of benzene rings is 3. The van der Waals surface area contributed by atoms with Crippen LogP contribution in [0.4, 0.5) is 0 Å². The number of hydrogen-bond donors (Lipinski definition) is 0. The summed E-state index contributed by atoms with van der Waals surface area (Å²) >= 11 is 0. The van der Waals surface area contributed by atoms with E-state index in [4.69, 9.17) is 27.1 Å². The van der Waals surface area contributed by atoms with Crippen molar-refractivity contribution >= 4 is 25.8 Å². The maximum atomic E-state index is 10.4. The number of rotatable bonds is 3. The zero-order valence-corrected chi connectivity index (χ0v) is 21.7. The van der Waals surface area contributed by atoms with Gasteiger partial charge in [0, 0.05) is 16.7 Å². The van der Waals surface area contributed by atoms with Gasteiger partial charge >= 0.3 is 19.5 Å². The molecule has 3 aromatic carbocycles. The quantitative estimate of drug-likeness (QED) is 0.321. The molecule has 179 valence electrons. The molecular weight excluding hydrogens is 590 g/mol. The van der Waals surface area contributed by atoms with Crippen molar-refractivity contribution in [3.8, 4) is 0 Å². The molecule has 3 aliphatic rings. The van der Waals surface area contributed by atoms with E-state index in [1.165, 1.54) is 0 Å². The van der Waals surface area contributed by atoms with Crippen molar-refractivity contribution in [1.82, 2.24) is 0 Å². The summed E-state index contributed by atoms with van der Waals surface area (Å²) in [6.45, 7) is 0. The monoisotopic (exact) mass is 609 g/mol. The molecule has 0 saturated carbocycles. The maximum Gasteiger partial charge on any atom is 3.00 e. The van der Waals surface area contributed by atoms with Crippen LogP contribution in [0.15, 0.2) is 91.0 Å². The average Bonchev–Trinajstić information content (AvgIpc) is 2.80. The minimum atomic E-state index is -1.83. The Morgan fingerprint density at radius 1 is 0.412 bits per heavy atom. The fourth-order valence-electron chi connectivity index (χ4n) is 2.69. The summed E-state index contributed by atoms with van der Waals surface area (Å²) in [5.74, 6) is 0. The summed E-state index contributed by atoms with van der Waals surface area (Å²) in [5.41, 5.74) is 2.71. The fourth-order valence-corrected chi connectivity index (χ4v) is 4.40. The second-order valence-electron chi connectivity index (χ2n) is 6.53. The fraction of sp³-hybridized carbons (Fsp3) is 0.143. The van der Waals surface area contributed by atoms with Gasteiger partial charge in [0.2, 0.25) is 0 Å². The second-order valence-corrected chi connectivity index (χ2v) is 9.14. The Morgan fingerprint density at radius 3 is 0.794 bits per heavy atom. The first-order valence-corrected chi connectivity index (χ1v) is 12.9. The molecule has 0 N–H and O–H groups in total. The molecule has 13 heteroatoms. The van der Waals surface area contributed by atoms with Crippen LogP contribution in [0.2, 0.25) is 0 Å². The minimum absolute atomic E-state index is 0. The van der Waals surface area contributed by atoms with Crippen LogP contribution < -0.4 is 14.7 Å². The molecular formula is C21H18O9P3Ru. The van der Waals surface area contributed by atoms with Gasteiger partial charge in [-0.3, -0.25) is 0 Å². The molecule has 3 aliphatic heterocycles. The third kappa shape index (κ3) is 8.13. The molecule has 3 heterocycles. The van der Waals surface area contributed by atoms with Crippen molar-refractivity contribution in [2.24, 2.45) is 0 Å². The maximum absolute atomic E-state index is 10.4. The third-order valence-electron chi connectivity index (χ3n) is 4.31. The van der Waals surface area contributed by atoms with Gasteiger partial charge in [-0.05, 0) is 0 Å². The Kier molecular flexibility index (Phi) is 11.5. The smallest absolute Gasteiger partial charge is 0.786 e. The SMILES string of the molecule is [O-]P1OC(c2ccccc2)O1.[O-]P1OC(c2ccccc2)O1.[O-]P1OC(c2ccccc2)O1.[Ru+3]. The topological polar surface area (TPSA) is 125 Å². The first kappa shape index (κ1) is 27.8. The summed E-state index contributed by atoms with van der Waals surface area (Å²) in [7, 11) is -5.49. The van der Waals surface area contributed by atoms with Crippen molar-refractivity contribution in [3.05, 3.63) is 108 Å². The normalized spacial score (nSPS) is 28.7. The van der Waals surface area contributed by atoms with E-state index in [1.54, 1.807) is 0 Å². The van der Waals surface area contributed by atoms with E-state index in [0.717, 1.165) is 16.7 Å². The molecule has 0 atom stereocenters. The van der Waals surface area contributed by atoms with E-state index >= 15 is 0 Å². The molecule has 0 spiro atoms. The van der Waals surface area contributed by atoms with Crippen LogP contribution in [0, 0.1) is 0 Å². The summed E-state index contributed by atoms with van der Waals surface area (Å²) in [4.78, 5) is 31.2. The van der Waals surface area contributed by atoms with Gasteiger partial charge < -0.3 is 41.8 Å². The van der Waals surface area contributed by atoms with Crippen molar-refractivity contribution in [3.63, 3.8) is 0 Å². The Balaban J connectivity index is 0.000000141. The number of hydrogen-bond acceptors (Lipinski definition) is 9. The van der Waals surface area contributed by atoms with Gasteiger partial charge in [0.15, 0.2) is 18.9 Å². The average molecular weight is 608 g/mol. The molecule has 3 saturated heterocycles. The standard InChI is InChI=1S/3C7H6O3P.Ru/c3*8-11-9-7(10-11)6-4-2-1-3-5-6;/h3*1-5,7H;/q3*-1;+3. The Hall–Kier alpha value is -0.787. The van der Waals surface area contributed by atoms with Gasteiger partial charge in [-0.2, -0.15) is 0 Å². The van der Waals surface area contributed by atoms with Crippen LogP contribution in [0.25, 0.3) is 0 Å². The first-order chi connectivity index (χ1) is 16.1. The van der Waals surface area contributed by atoms with E-state index in [2.05, 4.69) is 0 Å². The Labute approximate surface area is 213 Å². The van der Waals surface area contributed by atoms with Crippen molar-refractivity contribution in [2.45, 2.75) is 18.9 Å². The molecule has 6 rings (SSSR count). The Bertz CT molecular complexity index is 832. The van der Waals surface area contributed by atoms with E-state index in [9.17, 15) is 14.7 Å². The minimum Gasteiger partial charge on any atom is -0.786 e. The van der Waals surface area contributed by atoms with E-state index < -0.39 is 44.7 Å². The van der Waals surface area contributed by atoms with Gasteiger partial charge in [-0.15, -0.1) is 0 Å². The van der Waals surface area contributed by atoms with Gasteiger partial charge in [0.05, 0.1) is 25.8 Å². The van der Waals surface area contributed by atoms with Gasteiger partial charge in [0.25, 0.3) is 0 Å². The molecule has 0 aliphatic carbocycles. The first-order valence-electron chi connectivity index (χ1n) is 9.66. The molecule has 0 unspecified atom stereocenters. The van der Waals surface area contributed by atoms with Crippen LogP contribution in [-0.2, 0) is 46.6 Å². The summed E-state index contributed by atoms with van der Waals surface area (Å²) in [6.07, 6.45) is -1.25. The molecule has 0 amide bonds. The molecule has 9 nitrogen and oxygen atoms in total. The predicted octanol–water partition coefficient (Wildman–Crippen LogP) is 3.96. The summed E-state index contributed by atoms with van der Waals surface area (Å²) in [5, 5.41) is 0. The van der Waals surface area contributed by atoms with E-state index in [-0.39, 0.29) is 19.5 Å². The van der Waals surface area contributed by atoms with Crippen LogP contribution >= 0.6 is 25.8 Å². The second kappa shape index (κ2) is 14.1. The molecule has 1 radical (unpaired) electrons. The largest absolute Gasteiger partial charge is 3.00 e. The van der Waals surface area contributed by atoms with Gasteiger partial charge in [-0.25, -0.2) is 0 Å². The summed E-state index contributed by atoms with van der Waals surface area (Å²) in [6, 6.07) is 28.2. The van der Waals surface area contributed by atoms with Gasteiger partial charge in [0.1, 0.15) is 0 Å². The predicted molar refractivity (Wildman–Crippen MR) is 115 cm³/mol. The van der Waals surface area contributed by atoms with E-state index in [0.29, 0.717) is 0 Å². The molecule has 3 fully saturated rings. The van der Waals surface area contributed by atoms with Gasteiger partial charge in [-0.1, -0.05) is 91.0 Å². The van der Waals surface area contributed by atoms with Crippen molar-refractivity contribution < 1.29 is 61.3 Å².